The Bertz CT molecular complexity index is 1660. The Balaban J connectivity index is 1.52. The number of benzene rings is 3. The second kappa shape index (κ2) is 10.1. The fourth-order valence-electron chi connectivity index (χ4n) is 4.45. The molecule has 0 unspecified atom stereocenters. The van der Waals surface area contributed by atoms with Crippen LogP contribution in [0, 0.1) is 6.92 Å². The molecule has 5 rings (SSSR count). The van der Waals surface area contributed by atoms with Crippen LogP contribution in [0.4, 0.5) is 5.69 Å². The van der Waals surface area contributed by atoms with E-state index < -0.39 is 42.7 Å². The third-order valence-corrected chi connectivity index (χ3v) is 6.95. The zero-order valence-corrected chi connectivity index (χ0v) is 21.4. The summed E-state index contributed by atoms with van der Waals surface area (Å²) >= 11 is 5.94. The second-order valence-corrected chi connectivity index (χ2v) is 9.64. The second-order valence-electron chi connectivity index (χ2n) is 9.20. The first-order valence-electron chi connectivity index (χ1n) is 11.9. The molecule has 0 saturated carbocycles. The molecule has 1 aromatic heterocycles. The minimum atomic E-state index is -1.41. The number of halogens is 1. The number of aromatic amines is 1. The Kier molecular flexibility index (Phi) is 6.83. The van der Waals surface area contributed by atoms with Crippen LogP contribution in [-0.4, -0.2) is 73.5 Å². The number of aryl methyl sites for hydroxylation is 1. The van der Waals surface area contributed by atoms with Gasteiger partial charge in [-0.15, -0.1) is 0 Å². The number of H-pyrrole nitrogens is 1. The average Bonchev–Trinajstić information content (AvgIpc) is 3.23. The number of hydrogen-bond donors (Lipinski definition) is 5. The number of hydrazone groups is 1. The summed E-state index contributed by atoms with van der Waals surface area (Å²) in [6.07, 6.45) is 1.18. The summed E-state index contributed by atoms with van der Waals surface area (Å²) in [5, 5.41) is 41.2. The van der Waals surface area contributed by atoms with Gasteiger partial charge in [-0.3, -0.25) is 19.5 Å². The van der Waals surface area contributed by atoms with Crippen LogP contribution in [0.5, 0.6) is 0 Å². The lowest BCUT2D eigenvalue weighted by Crippen LogP contribution is -2.49. The molecule has 11 nitrogen and oxygen atoms in total. The predicted octanol–water partition coefficient (Wildman–Crippen LogP) is 2.04. The van der Waals surface area contributed by atoms with Gasteiger partial charge in [0.1, 0.15) is 5.54 Å². The van der Waals surface area contributed by atoms with Crippen molar-refractivity contribution in [3.63, 3.8) is 0 Å². The van der Waals surface area contributed by atoms with Crippen molar-refractivity contribution in [2.24, 2.45) is 5.10 Å². The fraction of sp³-hybridized carbons (Fsp3) is 0.185. The van der Waals surface area contributed by atoms with Crippen molar-refractivity contribution in [3.05, 3.63) is 92.4 Å². The molecule has 39 heavy (non-hydrogen) atoms. The molecule has 0 bridgehead atoms. The number of amides is 2. The third kappa shape index (κ3) is 4.41. The van der Waals surface area contributed by atoms with Gasteiger partial charge in [0.2, 0.25) is 0 Å². The molecule has 0 fully saturated rings. The van der Waals surface area contributed by atoms with E-state index in [1.165, 1.54) is 17.0 Å². The van der Waals surface area contributed by atoms with Gasteiger partial charge in [0.25, 0.3) is 17.4 Å². The molecule has 0 spiro atoms. The first kappa shape index (κ1) is 26.3. The number of rotatable bonds is 8. The van der Waals surface area contributed by atoms with Gasteiger partial charge in [-0.25, -0.2) is 4.68 Å². The number of aliphatic hydroxyl groups excluding tert-OH is 3. The number of aliphatic hydroxyl groups is 3. The summed E-state index contributed by atoms with van der Waals surface area (Å²) < 4.78 is 1.31. The third-order valence-electron chi connectivity index (χ3n) is 6.70. The Hall–Kier alpha value is -4.29. The van der Waals surface area contributed by atoms with Crippen molar-refractivity contribution in [2.75, 3.05) is 25.1 Å². The lowest BCUT2D eigenvalue weighted by atomic mass is 9.92. The van der Waals surface area contributed by atoms with Gasteiger partial charge in [0.15, 0.2) is 0 Å². The summed E-state index contributed by atoms with van der Waals surface area (Å²) in [7, 11) is 0. The first-order chi connectivity index (χ1) is 18.7. The summed E-state index contributed by atoms with van der Waals surface area (Å²) in [5.41, 5.74) is 0.188. The van der Waals surface area contributed by atoms with Crippen LogP contribution in [0.2, 0.25) is 5.02 Å². The smallest absolute Gasteiger partial charge is 0.282 e. The highest BCUT2D eigenvalue weighted by Gasteiger charge is 2.35. The van der Waals surface area contributed by atoms with E-state index in [-0.39, 0.29) is 16.7 Å². The maximum atomic E-state index is 13.4. The minimum absolute atomic E-state index is 0.169. The standard InChI is InChI=1S/C27H24ClN5O6/c1-15-21(26(39)32(31-15)17-7-5-16(28)6-8-17)11-29-33-24(37)19-4-2-3-18-22(30-27(12-34,13-35)14-36)10-9-20(23(18)19)25(33)38/h2-11,30-31,34-36H,12-14H2,1H3/b29-11+. The zero-order chi connectivity index (χ0) is 27.9. The van der Waals surface area contributed by atoms with Crippen LogP contribution in [0.3, 0.4) is 0 Å². The number of nitrogens with one attached hydrogen (secondary N) is 2. The Morgan fingerprint density at radius 1 is 0.949 bits per heavy atom. The van der Waals surface area contributed by atoms with Gasteiger partial charge < -0.3 is 20.6 Å². The number of aromatic nitrogens is 2. The Morgan fingerprint density at radius 3 is 2.23 bits per heavy atom. The quantitative estimate of drug-likeness (QED) is 0.166. The van der Waals surface area contributed by atoms with Gasteiger partial charge in [0.05, 0.1) is 48.4 Å². The minimum Gasteiger partial charge on any atom is -0.394 e. The first-order valence-corrected chi connectivity index (χ1v) is 12.3. The lowest BCUT2D eigenvalue weighted by molar-refractivity contribution is 0.0616. The van der Waals surface area contributed by atoms with E-state index in [0.29, 0.717) is 37.9 Å². The number of imide groups is 1. The molecule has 0 saturated heterocycles. The molecule has 3 aromatic carbocycles. The Morgan fingerprint density at radius 2 is 1.59 bits per heavy atom. The van der Waals surface area contributed by atoms with Crippen molar-refractivity contribution in [3.8, 4) is 5.69 Å². The molecule has 200 valence electrons. The number of carbonyl (C=O) groups is 2. The van der Waals surface area contributed by atoms with Crippen molar-refractivity contribution in [2.45, 2.75) is 12.5 Å². The highest BCUT2D eigenvalue weighted by Crippen LogP contribution is 2.35. The molecule has 5 N–H and O–H groups in total. The lowest BCUT2D eigenvalue weighted by Gasteiger charge is -2.31. The Labute approximate surface area is 226 Å². The van der Waals surface area contributed by atoms with Gasteiger partial charge in [-0.05, 0) is 49.4 Å². The van der Waals surface area contributed by atoms with Crippen molar-refractivity contribution in [1.29, 1.82) is 0 Å². The van der Waals surface area contributed by atoms with Crippen molar-refractivity contribution in [1.82, 2.24) is 14.8 Å². The highest BCUT2D eigenvalue weighted by atomic mass is 35.5. The fourth-order valence-corrected chi connectivity index (χ4v) is 4.58. The van der Waals surface area contributed by atoms with E-state index in [4.69, 9.17) is 11.6 Å². The van der Waals surface area contributed by atoms with E-state index in [0.717, 1.165) is 0 Å². The van der Waals surface area contributed by atoms with Crippen LogP contribution in [0.15, 0.2) is 64.5 Å². The maximum Gasteiger partial charge on any atom is 0.282 e. The van der Waals surface area contributed by atoms with Crippen LogP contribution in [-0.2, 0) is 0 Å². The van der Waals surface area contributed by atoms with E-state index in [9.17, 15) is 29.7 Å². The summed E-state index contributed by atoms with van der Waals surface area (Å²) in [6.45, 7) is 0.00943. The van der Waals surface area contributed by atoms with Gasteiger partial charge in [0, 0.05) is 27.2 Å². The molecule has 2 amide bonds. The molecule has 4 aromatic rings. The maximum absolute atomic E-state index is 13.4. The molecular formula is C27H24ClN5O6. The molecule has 12 heteroatoms. The van der Waals surface area contributed by atoms with E-state index in [1.54, 1.807) is 55.5 Å². The average molecular weight is 550 g/mol. The number of nitrogens with zero attached hydrogens (tertiary/aromatic N) is 3. The van der Waals surface area contributed by atoms with Crippen molar-refractivity contribution >= 4 is 46.1 Å². The van der Waals surface area contributed by atoms with Crippen LogP contribution < -0.4 is 10.9 Å². The largest absolute Gasteiger partial charge is 0.394 e. The van der Waals surface area contributed by atoms with E-state index >= 15 is 0 Å². The molecule has 1 aliphatic heterocycles. The van der Waals surface area contributed by atoms with Crippen LogP contribution in [0.25, 0.3) is 16.5 Å². The van der Waals surface area contributed by atoms with Crippen LogP contribution in [0.1, 0.15) is 32.0 Å². The number of hydrogen-bond acceptors (Lipinski definition) is 8. The topological polar surface area (TPSA) is 160 Å². The molecule has 0 aliphatic carbocycles. The van der Waals surface area contributed by atoms with Gasteiger partial charge in [-0.1, -0.05) is 23.7 Å². The molecule has 1 aliphatic rings. The SMILES string of the molecule is Cc1[nH]n(-c2ccc(Cl)cc2)c(=O)c1/C=N/N1C(=O)c2cccc3c(NC(CO)(CO)CO)ccc(c23)C1=O. The predicted molar refractivity (Wildman–Crippen MR) is 146 cm³/mol. The van der Waals surface area contributed by atoms with E-state index in [2.05, 4.69) is 15.5 Å². The van der Waals surface area contributed by atoms with Crippen molar-refractivity contribution < 1.29 is 24.9 Å². The molecule has 0 radical (unpaired) electrons. The zero-order valence-electron chi connectivity index (χ0n) is 20.7. The van der Waals surface area contributed by atoms with Crippen LogP contribution >= 0.6 is 11.6 Å². The monoisotopic (exact) mass is 549 g/mol. The van der Waals surface area contributed by atoms with Gasteiger partial charge >= 0.3 is 0 Å². The normalized spacial score (nSPS) is 13.6. The molecular weight excluding hydrogens is 526 g/mol. The molecule has 2 heterocycles. The highest BCUT2D eigenvalue weighted by molar-refractivity contribution is 6.30. The molecule has 0 atom stereocenters. The van der Waals surface area contributed by atoms with E-state index in [1.807, 2.05) is 0 Å². The number of anilines is 1. The van der Waals surface area contributed by atoms with Gasteiger partial charge in [-0.2, -0.15) is 10.1 Å². The summed E-state index contributed by atoms with van der Waals surface area (Å²) in [4.78, 5) is 39.8. The number of carbonyl (C=O) groups excluding carboxylic acids is 2. The summed E-state index contributed by atoms with van der Waals surface area (Å²) in [5.74, 6) is -1.37. The summed E-state index contributed by atoms with van der Waals surface area (Å²) in [6, 6.07) is 14.6.